The lowest BCUT2D eigenvalue weighted by molar-refractivity contribution is 0.0514. The number of rotatable bonds is 12. The van der Waals surface area contributed by atoms with E-state index in [2.05, 4.69) is 10.6 Å². The van der Waals surface area contributed by atoms with Gasteiger partial charge in [0.2, 0.25) is 0 Å². The zero-order valence-corrected chi connectivity index (χ0v) is 24.0. The number of aryl methyl sites for hydroxylation is 1. The largest absolute Gasteiger partial charge is 0.389 e. The molecule has 3 N–H and O–H groups in total. The number of likely N-dealkylation sites (tertiary alicyclic amines) is 1. The molecule has 2 aliphatic rings. The maximum Gasteiger partial charge on any atom is 0.254 e. The van der Waals surface area contributed by atoms with Crippen molar-refractivity contribution in [2.24, 2.45) is 0 Å². The number of aliphatic hydroxyl groups is 1. The van der Waals surface area contributed by atoms with Crippen LogP contribution < -0.4 is 10.6 Å². The standard InChI is InChI=1S/C31H41F2N3O5/c1-4-8-41-26-16-27(34-17-26)29(37)28(13-20-11-23(32)15-24(33)12-20)35-30(38)21-9-19(2)10-22(14-21)31(39)36-7-5-6-25(36)18-40-3/h9-12,14-15,25-29,34,37H,4-8,13,16-18H2,1-3H3,(H,35,38)/t25-,26-,27-,28+,29+/m1/s1. The van der Waals surface area contributed by atoms with E-state index in [-0.39, 0.29) is 36.1 Å². The number of amides is 2. The molecule has 2 amide bonds. The number of carbonyl (C=O) groups is 2. The summed E-state index contributed by atoms with van der Waals surface area (Å²) in [5.41, 5.74) is 1.71. The molecule has 0 aromatic heterocycles. The molecule has 2 heterocycles. The van der Waals surface area contributed by atoms with Crippen molar-refractivity contribution >= 4 is 11.8 Å². The lowest BCUT2D eigenvalue weighted by atomic mass is 9.94. The molecule has 8 nitrogen and oxygen atoms in total. The van der Waals surface area contributed by atoms with E-state index in [9.17, 15) is 23.5 Å². The fraction of sp³-hybridized carbons (Fsp3) is 0.548. The van der Waals surface area contributed by atoms with Crippen LogP contribution in [0.4, 0.5) is 8.78 Å². The molecule has 2 fully saturated rings. The van der Waals surface area contributed by atoms with E-state index in [1.807, 2.05) is 13.8 Å². The number of hydrogen-bond donors (Lipinski definition) is 3. The van der Waals surface area contributed by atoms with Gasteiger partial charge in [0.1, 0.15) is 11.6 Å². The molecule has 0 saturated carbocycles. The third-order valence-electron chi connectivity index (χ3n) is 7.78. The molecule has 2 saturated heterocycles. The Morgan fingerprint density at radius 2 is 1.88 bits per heavy atom. The van der Waals surface area contributed by atoms with Gasteiger partial charge in [-0.25, -0.2) is 8.78 Å². The zero-order valence-electron chi connectivity index (χ0n) is 24.0. The fourth-order valence-electron chi connectivity index (χ4n) is 5.85. The van der Waals surface area contributed by atoms with Crippen LogP contribution in [0, 0.1) is 18.6 Å². The first-order valence-electron chi connectivity index (χ1n) is 14.4. The highest BCUT2D eigenvalue weighted by molar-refractivity contribution is 6.00. The van der Waals surface area contributed by atoms with Gasteiger partial charge >= 0.3 is 0 Å². The molecule has 0 spiro atoms. The Kier molecular flexibility index (Phi) is 10.8. The van der Waals surface area contributed by atoms with Crippen LogP contribution in [-0.4, -0.2) is 85.6 Å². The van der Waals surface area contributed by atoms with E-state index < -0.39 is 29.7 Å². The maximum atomic E-state index is 14.0. The summed E-state index contributed by atoms with van der Waals surface area (Å²) in [4.78, 5) is 28.7. The molecule has 0 aliphatic carbocycles. The van der Waals surface area contributed by atoms with E-state index in [0.29, 0.717) is 43.9 Å². The van der Waals surface area contributed by atoms with E-state index in [0.717, 1.165) is 30.9 Å². The van der Waals surface area contributed by atoms with Gasteiger partial charge in [-0.1, -0.05) is 6.92 Å². The number of hydrogen-bond acceptors (Lipinski definition) is 6. The number of nitrogens with zero attached hydrogens (tertiary/aromatic N) is 1. The Bertz CT molecular complexity index is 1190. The molecule has 4 rings (SSSR count). The highest BCUT2D eigenvalue weighted by Crippen LogP contribution is 2.23. The highest BCUT2D eigenvalue weighted by atomic mass is 19.1. The summed E-state index contributed by atoms with van der Waals surface area (Å²) in [6.07, 6.45) is 2.02. The molecular weight excluding hydrogens is 532 g/mol. The second-order valence-corrected chi connectivity index (χ2v) is 11.1. The number of ether oxygens (including phenoxy) is 2. The van der Waals surface area contributed by atoms with Crippen LogP contribution in [0.2, 0.25) is 0 Å². The van der Waals surface area contributed by atoms with Crippen LogP contribution >= 0.6 is 0 Å². The van der Waals surface area contributed by atoms with Crippen molar-refractivity contribution in [2.75, 3.05) is 33.4 Å². The van der Waals surface area contributed by atoms with Gasteiger partial charge < -0.3 is 30.1 Å². The third kappa shape index (κ3) is 8.09. The number of halogens is 2. The van der Waals surface area contributed by atoms with E-state index in [4.69, 9.17) is 9.47 Å². The lowest BCUT2D eigenvalue weighted by Gasteiger charge is -2.29. The average molecular weight is 574 g/mol. The van der Waals surface area contributed by atoms with Crippen LogP contribution in [0.5, 0.6) is 0 Å². The van der Waals surface area contributed by atoms with Crippen LogP contribution in [0.15, 0.2) is 36.4 Å². The minimum absolute atomic E-state index is 0.00430. The summed E-state index contributed by atoms with van der Waals surface area (Å²) in [6, 6.07) is 6.89. The number of benzene rings is 2. The molecule has 0 unspecified atom stereocenters. The molecular formula is C31H41F2N3O5. The van der Waals surface area contributed by atoms with Crippen LogP contribution in [0.3, 0.4) is 0 Å². The predicted octanol–water partition coefficient (Wildman–Crippen LogP) is 3.38. The summed E-state index contributed by atoms with van der Waals surface area (Å²) in [6.45, 7) is 6.07. The Morgan fingerprint density at radius 3 is 2.59 bits per heavy atom. The van der Waals surface area contributed by atoms with E-state index >= 15 is 0 Å². The highest BCUT2D eigenvalue weighted by Gasteiger charge is 2.36. The van der Waals surface area contributed by atoms with Crippen molar-refractivity contribution < 1.29 is 33.0 Å². The number of nitrogens with one attached hydrogen (secondary N) is 2. The Labute approximate surface area is 240 Å². The molecule has 10 heteroatoms. The van der Waals surface area contributed by atoms with Gasteiger partial charge in [-0.2, -0.15) is 0 Å². The van der Waals surface area contributed by atoms with Gasteiger partial charge in [0.25, 0.3) is 11.8 Å². The maximum absolute atomic E-state index is 14.0. The Hall–Kier alpha value is -2.92. The van der Waals surface area contributed by atoms with Crippen molar-refractivity contribution in [3.63, 3.8) is 0 Å². The van der Waals surface area contributed by atoms with Gasteiger partial charge in [0.05, 0.1) is 30.9 Å². The topological polar surface area (TPSA) is 100 Å². The van der Waals surface area contributed by atoms with Crippen LogP contribution in [0.25, 0.3) is 0 Å². The number of carbonyl (C=O) groups excluding carboxylic acids is 2. The first-order valence-corrected chi connectivity index (χ1v) is 14.4. The quantitative estimate of drug-likeness (QED) is 0.360. The van der Waals surface area contributed by atoms with Gasteiger partial charge in [0.15, 0.2) is 0 Å². The van der Waals surface area contributed by atoms with Crippen molar-refractivity contribution in [3.8, 4) is 0 Å². The average Bonchev–Trinajstić information content (AvgIpc) is 3.60. The molecule has 41 heavy (non-hydrogen) atoms. The van der Waals surface area contributed by atoms with Crippen LogP contribution in [-0.2, 0) is 15.9 Å². The second-order valence-electron chi connectivity index (χ2n) is 11.1. The Balaban J connectivity index is 1.54. The normalized spacial score (nSPS) is 22.1. The SMILES string of the molecule is CCCO[C@H]1CN[C@@H]([C@H](O)[C@H](Cc2cc(F)cc(F)c2)NC(=O)c2cc(C)cc(C(=O)N3CCC[C@@H]3COC)c2)C1. The van der Waals surface area contributed by atoms with Crippen LogP contribution in [0.1, 0.15) is 64.4 Å². The van der Waals surface area contributed by atoms with Crippen molar-refractivity contribution in [3.05, 3.63) is 70.3 Å². The summed E-state index contributed by atoms with van der Waals surface area (Å²) in [5, 5.41) is 17.5. The first-order chi connectivity index (χ1) is 19.7. The van der Waals surface area contributed by atoms with Crippen molar-refractivity contribution in [1.82, 2.24) is 15.5 Å². The molecule has 2 aliphatic heterocycles. The summed E-state index contributed by atoms with van der Waals surface area (Å²) < 4.78 is 39.1. The van der Waals surface area contributed by atoms with E-state index in [1.165, 1.54) is 12.1 Å². The monoisotopic (exact) mass is 573 g/mol. The molecule has 0 bridgehead atoms. The molecule has 224 valence electrons. The number of aliphatic hydroxyl groups excluding tert-OH is 1. The third-order valence-corrected chi connectivity index (χ3v) is 7.78. The summed E-state index contributed by atoms with van der Waals surface area (Å²) in [7, 11) is 1.61. The van der Waals surface area contributed by atoms with Gasteiger partial charge in [-0.3, -0.25) is 9.59 Å². The van der Waals surface area contributed by atoms with Gasteiger partial charge in [-0.15, -0.1) is 0 Å². The molecule has 2 aromatic carbocycles. The summed E-state index contributed by atoms with van der Waals surface area (Å²) >= 11 is 0. The van der Waals surface area contributed by atoms with Gasteiger partial charge in [-0.05, 0) is 80.5 Å². The molecule has 5 atom stereocenters. The lowest BCUT2D eigenvalue weighted by Crippen LogP contribution is -2.52. The first kappa shape index (κ1) is 31.0. The predicted molar refractivity (Wildman–Crippen MR) is 151 cm³/mol. The Morgan fingerprint density at radius 1 is 1.15 bits per heavy atom. The smallest absolute Gasteiger partial charge is 0.254 e. The minimum Gasteiger partial charge on any atom is -0.389 e. The van der Waals surface area contributed by atoms with Crippen molar-refractivity contribution in [2.45, 2.75) is 76.3 Å². The molecule has 2 aromatic rings. The minimum atomic E-state index is -1.06. The van der Waals surface area contributed by atoms with Gasteiger partial charge in [0, 0.05) is 50.0 Å². The fourth-order valence-corrected chi connectivity index (χ4v) is 5.85. The second kappa shape index (κ2) is 14.3. The van der Waals surface area contributed by atoms with Crippen molar-refractivity contribution in [1.29, 1.82) is 0 Å². The van der Waals surface area contributed by atoms with E-state index in [1.54, 1.807) is 30.2 Å². The summed E-state index contributed by atoms with van der Waals surface area (Å²) in [5.74, 6) is -2.12. The molecule has 0 radical (unpaired) electrons. The number of methoxy groups -OCH3 is 1. The zero-order chi connectivity index (χ0) is 29.5.